The zero-order valence-corrected chi connectivity index (χ0v) is 12.6. The second-order valence-electron chi connectivity index (χ2n) is 4.91. The largest absolute Gasteiger partial charge is 0.332 e. The first kappa shape index (κ1) is 15.5. The fourth-order valence-corrected chi connectivity index (χ4v) is 2.34. The highest BCUT2D eigenvalue weighted by molar-refractivity contribution is 5.92. The zero-order valence-electron chi connectivity index (χ0n) is 11.8. The number of nitrogens with one attached hydrogen (secondary N) is 1. The van der Waals surface area contributed by atoms with Crippen molar-refractivity contribution in [1.82, 2.24) is 25.2 Å². The number of para-hydroxylation sites is 1. The highest BCUT2D eigenvalue weighted by Gasteiger charge is 2.26. The molecule has 1 aliphatic heterocycles. The van der Waals surface area contributed by atoms with Crippen molar-refractivity contribution < 1.29 is 4.79 Å². The van der Waals surface area contributed by atoms with Gasteiger partial charge in [0.1, 0.15) is 0 Å². The molecule has 7 heteroatoms. The molecule has 1 amide bonds. The number of halogens is 1. The van der Waals surface area contributed by atoms with E-state index in [1.54, 1.807) is 0 Å². The molecule has 1 unspecified atom stereocenters. The van der Waals surface area contributed by atoms with E-state index in [1.807, 2.05) is 42.2 Å². The molecule has 112 valence electrons. The molecule has 0 saturated carbocycles. The second-order valence-corrected chi connectivity index (χ2v) is 4.91. The molecule has 2 heterocycles. The summed E-state index contributed by atoms with van der Waals surface area (Å²) in [6.07, 6.45) is 1.53. The molecule has 3 rings (SSSR count). The van der Waals surface area contributed by atoms with E-state index < -0.39 is 0 Å². The molecule has 1 fully saturated rings. The van der Waals surface area contributed by atoms with Crippen LogP contribution in [0.2, 0.25) is 0 Å². The van der Waals surface area contributed by atoms with Gasteiger partial charge in [-0.3, -0.25) is 4.79 Å². The molecule has 6 nitrogen and oxygen atoms in total. The van der Waals surface area contributed by atoms with Gasteiger partial charge in [0.25, 0.3) is 5.91 Å². The van der Waals surface area contributed by atoms with Gasteiger partial charge in [-0.1, -0.05) is 18.2 Å². The Morgan fingerprint density at radius 2 is 2.10 bits per heavy atom. The maximum Gasteiger partial charge on any atom is 0.276 e. The van der Waals surface area contributed by atoms with Crippen molar-refractivity contribution in [3.8, 4) is 5.69 Å². The number of rotatable bonds is 2. The number of carbonyl (C=O) groups excluding carboxylic acids is 1. The van der Waals surface area contributed by atoms with Crippen molar-refractivity contribution in [2.75, 3.05) is 19.6 Å². The van der Waals surface area contributed by atoms with Gasteiger partial charge in [-0.15, -0.1) is 17.5 Å². The van der Waals surface area contributed by atoms with Gasteiger partial charge < -0.3 is 10.2 Å². The predicted octanol–water partition coefficient (Wildman–Crippen LogP) is 1.12. The summed E-state index contributed by atoms with van der Waals surface area (Å²) in [5, 5.41) is 11.7. The Morgan fingerprint density at radius 1 is 1.33 bits per heavy atom. The SMILES string of the molecule is CC1CNCCN1C(=O)c1cnn(-c2ccccc2)n1.Cl. The number of nitrogens with zero attached hydrogens (tertiary/aromatic N) is 4. The van der Waals surface area contributed by atoms with Gasteiger partial charge in [-0.25, -0.2) is 0 Å². The number of aromatic nitrogens is 3. The summed E-state index contributed by atoms with van der Waals surface area (Å²) in [5.41, 5.74) is 1.24. The normalized spacial score (nSPS) is 18.1. The van der Waals surface area contributed by atoms with Gasteiger partial charge in [0.15, 0.2) is 5.69 Å². The lowest BCUT2D eigenvalue weighted by molar-refractivity contribution is 0.0649. The van der Waals surface area contributed by atoms with Crippen molar-refractivity contribution in [3.63, 3.8) is 0 Å². The minimum absolute atomic E-state index is 0. The first-order valence-electron chi connectivity index (χ1n) is 6.75. The molecule has 0 radical (unpaired) electrons. The van der Waals surface area contributed by atoms with Crippen LogP contribution >= 0.6 is 12.4 Å². The molecule has 1 N–H and O–H groups in total. The summed E-state index contributed by atoms with van der Waals surface area (Å²) in [7, 11) is 0. The monoisotopic (exact) mass is 307 g/mol. The Hall–Kier alpha value is -1.92. The van der Waals surface area contributed by atoms with Crippen LogP contribution in [0.5, 0.6) is 0 Å². The number of benzene rings is 1. The van der Waals surface area contributed by atoms with Crippen LogP contribution in [0, 0.1) is 0 Å². The third-order valence-electron chi connectivity index (χ3n) is 3.46. The average Bonchev–Trinajstić information content (AvgIpc) is 2.98. The Balaban J connectivity index is 0.00000161. The summed E-state index contributed by atoms with van der Waals surface area (Å²) in [6.45, 7) is 4.38. The zero-order chi connectivity index (χ0) is 13.9. The van der Waals surface area contributed by atoms with Crippen molar-refractivity contribution in [2.24, 2.45) is 0 Å². The number of hydrogen-bond donors (Lipinski definition) is 1. The van der Waals surface area contributed by atoms with E-state index in [4.69, 9.17) is 0 Å². The number of amides is 1. The highest BCUT2D eigenvalue weighted by atomic mass is 35.5. The van der Waals surface area contributed by atoms with Gasteiger partial charge in [-0.2, -0.15) is 9.90 Å². The topological polar surface area (TPSA) is 63.1 Å². The van der Waals surface area contributed by atoms with Gasteiger partial charge >= 0.3 is 0 Å². The Kier molecular flexibility index (Phi) is 4.93. The van der Waals surface area contributed by atoms with Gasteiger partial charge in [0.2, 0.25) is 0 Å². The summed E-state index contributed by atoms with van der Waals surface area (Å²) < 4.78 is 0. The van der Waals surface area contributed by atoms with E-state index in [0.717, 1.165) is 18.8 Å². The smallest absolute Gasteiger partial charge is 0.276 e. The van der Waals surface area contributed by atoms with Crippen LogP contribution in [0.4, 0.5) is 0 Å². The Morgan fingerprint density at radius 3 is 2.81 bits per heavy atom. The average molecular weight is 308 g/mol. The van der Waals surface area contributed by atoms with Crippen molar-refractivity contribution in [1.29, 1.82) is 0 Å². The summed E-state index contributed by atoms with van der Waals surface area (Å²) in [4.78, 5) is 15.8. The fourth-order valence-electron chi connectivity index (χ4n) is 2.34. The van der Waals surface area contributed by atoms with Crippen LogP contribution in [-0.2, 0) is 0 Å². The summed E-state index contributed by atoms with van der Waals surface area (Å²) >= 11 is 0. The van der Waals surface area contributed by atoms with Crippen molar-refractivity contribution >= 4 is 18.3 Å². The molecule has 1 aromatic carbocycles. The third-order valence-corrected chi connectivity index (χ3v) is 3.46. The molecule has 1 aliphatic rings. The minimum Gasteiger partial charge on any atom is -0.332 e. The standard InChI is InChI=1S/C14H17N5O.ClH/c1-11-9-15-7-8-18(11)14(20)13-10-16-19(17-13)12-5-3-2-4-6-12;/h2-6,10-11,15H,7-9H2,1H3;1H. The van der Waals surface area contributed by atoms with E-state index in [1.165, 1.54) is 11.0 Å². The minimum atomic E-state index is -0.0545. The lowest BCUT2D eigenvalue weighted by Crippen LogP contribution is -2.52. The number of hydrogen-bond acceptors (Lipinski definition) is 4. The van der Waals surface area contributed by atoms with Crippen LogP contribution in [-0.4, -0.2) is 51.5 Å². The summed E-state index contributed by atoms with van der Waals surface area (Å²) in [6, 6.07) is 9.75. The van der Waals surface area contributed by atoms with E-state index in [-0.39, 0.29) is 24.4 Å². The number of piperazine rings is 1. The molecular formula is C14H18ClN5O. The maximum atomic E-state index is 12.4. The highest BCUT2D eigenvalue weighted by Crippen LogP contribution is 2.10. The maximum absolute atomic E-state index is 12.4. The lowest BCUT2D eigenvalue weighted by atomic mass is 10.2. The fraction of sp³-hybridized carbons (Fsp3) is 0.357. The predicted molar refractivity (Wildman–Crippen MR) is 82.0 cm³/mol. The van der Waals surface area contributed by atoms with Crippen LogP contribution < -0.4 is 5.32 Å². The Labute approximate surface area is 129 Å². The first-order valence-corrected chi connectivity index (χ1v) is 6.75. The van der Waals surface area contributed by atoms with Gasteiger partial charge in [-0.05, 0) is 19.1 Å². The molecule has 1 aromatic heterocycles. The van der Waals surface area contributed by atoms with E-state index in [9.17, 15) is 4.79 Å². The van der Waals surface area contributed by atoms with E-state index in [2.05, 4.69) is 15.5 Å². The van der Waals surface area contributed by atoms with E-state index >= 15 is 0 Å². The lowest BCUT2D eigenvalue weighted by Gasteiger charge is -2.33. The number of carbonyl (C=O) groups is 1. The van der Waals surface area contributed by atoms with Crippen LogP contribution in [0.3, 0.4) is 0 Å². The molecule has 0 aliphatic carbocycles. The van der Waals surface area contributed by atoms with Gasteiger partial charge in [0.05, 0.1) is 11.9 Å². The molecular weight excluding hydrogens is 290 g/mol. The molecule has 1 saturated heterocycles. The Bertz CT molecular complexity index is 600. The van der Waals surface area contributed by atoms with Crippen molar-refractivity contribution in [2.45, 2.75) is 13.0 Å². The van der Waals surface area contributed by atoms with Gasteiger partial charge in [0, 0.05) is 25.7 Å². The summed E-state index contributed by atoms with van der Waals surface area (Å²) in [5.74, 6) is -0.0545. The molecule has 0 bridgehead atoms. The quantitative estimate of drug-likeness (QED) is 0.903. The van der Waals surface area contributed by atoms with Crippen molar-refractivity contribution in [3.05, 3.63) is 42.2 Å². The molecule has 21 heavy (non-hydrogen) atoms. The molecule has 1 atom stereocenters. The first-order chi connectivity index (χ1) is 9.75. The van der Waals surface area contributed by atoms with E-state index in [0.29, 0.717) is 12.2 Å². The van der Waals surface area contributed by atoms with Crippen LogP contribution in [0.15, 0.2) is 36.5 Å². The second kappa shape index (κ2) is 6.69. The van der Waals surface area contributed by atoms with Crippen LogP contribution in [0.25, 0.3) is 5.69 Å². The van der Waals surface area contributed by atoms with Crippen LogP contribution in [0.1, 0.15) is 17.4 Å². The molecule has 0 spiro atoms. The third kappa shape index (κ3) is 3.22. The molecule has 2 aromatic rings.